The van der Waals surface area contributed by atoms with E-state index >= 15 is 0 Å². The number of nitrogens with zero attached hydrogens (tertiary/aromatic N) is 2. The molecule has 4 aromatic rings. The number of carbonyl (C=O) groups excluding carboxylic acids is 1. The van der Waals surface area contributed by atoms with E-state index in [2.05, 4.69) is 15.5 Å². The second-order valence-electron chi connectivity index (χ2n) is 5.66. The Morgan fingerprint density at radius 2 is 2.07 bits per heavy atom. The monoisotopic (exact) mass is 377 g/mol. The Kier molecular flexibility index (Phi) is 4.93. The molecule has 0 unspecified atom stereocenters. The Labute approximate surface area is 159 Å². The second-order valence-corrected chi connectivity index (χ2v) is 6.61. The smallest absolute Gasteiger partial charge is 0.248 e. The summed E-state index contributed by atoms with van der Waals surface area (Å²) in [6.07, 6.45) is 5.03. The molecule has 134 valence electrons. The molecule has 0 aliphatic rings. The Bertz CT molecular complexity index is 1050. The van der Waals surface area contributed by atoms with Crippen LogP contribution in [0, 0.1) is 0 Å². The minimum Gasteiger partial charge on any atom is -0.465 e. The van der Waals surface area contributed by atoms with E-state index in [0.717, 1.165) is 10.4 Å². The minimum absolute atomic E-state index is 0.247. The summed E-state index contributed by atoms with van der Waals surface area (Å²) >= 11 is 1.55. The summed E-state index contributed by atoms with van der Waals surface area (Å²) in [5.41, 5.74) is 1.58. The van der Waals surface area contributed by atoms with Crippen LogP contribution in [0.4, 0.5) is 5.69 Å². The summed E-state index contributed by atoms with van der Waals surface area (Å²) in [5, 5.41) is 8.86. The fourth-order valence-electron chi connectivity index (χ4n) is 2.51. The maximum atomic E-state index is 12.2. The zero-order valence-corrected chi connectivity index (χ0v) is 15.0. The molecule has 27 heavy (non-hydrogen) atoms. The lowest BCUT2D eigenvalue weighted by molar-refractivity contribution is -0.111. The standard InChI is InChI=1S/C20H15N3O3S/c24-18(10-9-15-6-3-11-25-15)21-16-7-2-1-5-14(16)13-19-22-20(23-26-19)17-8-4-12-27-17/h1-12H,13H2,(H,21,24). The van der Waals surface area contributed by atoms with Gasteiger partial charge in [-0.05, 0) is 41.3 Å². The summed E-state index contributed by atoms with van der Waals surface area (Å²) in [4.78, 5) is 17.6. The summed E-state index contributed by atoms with van der Waals surface area (Å²) in [6, 6.07) is 14.9. The third kappa shape index (κ3) is 4.21. The highest BCUT2D eigenvalue weighted by Gasteiger charge is 2.12. The van der Waals surface area contributed by atoms with Crippen LogP contribution in [-0.2, 0) is 11.2 Å². The molecule has 3 heterocycles. The van der Waals surface area contributed by atoms with Crippen LogP contribution in [0.3, 0.4) is 0 Å². The number of amides is 1. The number of hydrogen-bond donors (Lipinski definition) is 1. The first-order chi connectivity index (χ1) is 13.3. The van der Waals surface area contributed by atoms with Gasteiger partial charge in [0.05, 0.1) is 17.6 Å². The Hall–Kier alpha value is -3.45. The fourth-order valence-corrected chi connectivity index (χ4v) is 3.16. The summed E-state index contributed by atoms with van der Waals surface area (Å²) in [6.45, 7) is 0. The molecule has 1 N–H and O–H groups in total. The third-order valence-corrected chi connectivity index (χ3v) is 4.63. The van der Waals surface area contributed by atoms with Crippen molar-refractivity contribution in [2.75, 3.05) is 5.32 Å². The maximum absolute atomic E-state index is 12.2. The summed E-state index contributed by atoms with van der Waals surface area (Å²) in [5.74, 6) is 1.43. The van der Waals surface area contributed by atoms with Crippen LogP contribution in [0.15, 0.2) is 75.2 Å². The zero-order valence-electron chi connectivity index (χ0n) is 14.2. The van der Waals surface area contributed by atoms with Gasteiger partial charge in [0, 0.05) is 11.8 Å². The SMILES string of the molecule is O=C(C=Cc1ccco1)Nc1ccccc1Cc1nc(-c2cccs2)no1. The summed E-state index contributed by atoms with van der Waals surface area (Å²) < 4.78 is 10.5. The molecule has 0 fully saturated rings. The van der Waals surface area contributed by atoms with Crippen molar-refractivity contribution >= 4 is 29.0 Å². The van der Waals surface area contributed by atoms with Crippen LogP contribution >= 0.6 is 11.3 Å². The normalized spacial score (nSPS) is 11.1. The van der Waals surface area contributed by atoms with Gasteiger partial charge in [-0.1, -0.05) is 29.4 Å². The molecule has 0 atom stereocenters. The maximum Gasteiger partial charge on any atom is 0.248 e. The van der Waals surface area contributed by atoms with Crippen LogP contribution in [0.5, 0.6) is 0 Å². The topological polar surface area (TPSA) is 81.2 Å². The van der Waals surface area contributed by atoms with Gasteiger partial charge in [-0.25, -0.2) is 0 Å². The van der Waals surface area contributed by atoms with Crippen molar-refractivity contribution in [1.29, 1.82) is 0 Å². The molecule has 0 aliphatic carbocycles. The molecule has 1 amide bonds. The van der Waals surface area contributed by atoms with Crippen LogP contribution < -0.4 is 5.32 Å². The lowest BCUT2D eigenvalue weighted by atomic mass is 10.1. The van der Waals surface area contributed by atoms with Crippen molar-refractivity contribution in [2.45, 2.75) is 6.42 Å². The third-order valence-electron chi connectivity index (χ3n) is 3.77. The highest BCUT2D eigenvalue weighted by molar-refractivity contribution is 7.13. The van der Waals surface area contributed by atoms with E-state index in [4.69, 9.17) is 8.94 Å². The lowest BCUT2D eigenvalue weighted by Crippen LogP contribution is -2.10. The molecule has 0 aliphatic heterocycles. The van der Waals surface area contributed by atoms with Gasteiger partial charge in [0.2, 0.25) is 17.6 Å². The van der Waals surface area contributed by atoms with E-state index in [1.54, 1.807) is 35.8 Å². The van der Waals surface area contributed by atoms with Crippen molar-refractivity contribution in [3.05, 3.63) is 83.5 Å². The van der Waals surface area contributed by atoms with Gasteiger partial charge in [-0.15, -0.1) is 11.3 Å². The Balaban J connectivity index is 1.47. The van der Waals surface area contributed by atoms with E-state index in [0.29, 0.717) is 29.6 Å². The summed E-state index contributed by atoms with van der Waals surface area (Å²) in [7, 11) is 0. The second kappa shape index (κ2) is 7.84. The van der Waals surface area contributed by atoms with Crippen LogP contribution in [-0.4, -0.2) is 16.0 Å². The van der Waals surface area contributed by atoms with Gasteiger partial charge < -0.3 is 14.3 Å². The highest BCUT2D eigenvalue weighted by Crippen LogP contribution is 2.23. The number of anilines is 1. The van der Waals surface area contributed by atoms with Gasteiger partial charge >= 0.3 is 0 Å². The predicted molar refractivity (Wildman–Crippen MR) is 103 cm³/mol. The molecule has 0 spiro atoms. The number of hydrogen-bond acceptors (Lipinski definition) is 6. The largest absolute Gasteiger partial charge is 0.465 e. The van der Waals surface area contributed by atoms with E-state index in [1.165, 1.54) is 6.08 Å². The quantitative estimate of drug-likeness (QED) is 0.495. The molecule has 1 aromatic carbocycles. The molecule has 7 heteroatoms. The molecule has 3 aromatic heterocycles. The van der Waals surface area contributed by atoms with Crippen LogP contribution in [0.2, 0.25) is 0 Å². The molecule has 0 bridgehead atoms. The first-order valence-electron chi connectivity index (χ1n) is 8.25. The van der Waals surface area contributed by atoms with Crippen molar-refractivity contribution in [2.24, 2.45) is 0 Å². The van der Waals surface area contributed by atoms with E-state index < -0.39 is 0 Å². The first kappa shape index (κ1) is 17.0. The number of para-hydroxylation sites is 1. The zero-order chi connectivity index (χ0) is 18.5. The number of carbonyl (C=O) groups is 1. The Morgan fingerprint density at radius 1 is 1.15 bits per heavy atom. The van der Waals surface area contributed by atoms with Gasteiger partial charge in [0.15, 0.2) is 0 Å². The number of aromatic nitrogens is 2. The predicted octanol–water partition coefficient (Wildman–Crippen LogP) is 4.63. The van der Waals surface area contributed by atoms with E-state index in [9.17, 15) is 4.79 Å². The highest BCUT2D eigenvalue weighted by atomic mass is 32.1. The van der Waals surface area contributed by atoms with Crippen molar-refractivity contribution in [1.82, 2.24) is 10.1 Å². The average molecular weight is 377 g/mol. The number of rotatable bonds is 6. The number of furan rings is 1. The minimum atomic E-state index is -0.247. The van der Waals surface area contributed by atoms with Gasteiger partial charge in [0.1, 0.15) is 5.76 Å². The lowest BCUT2D eigenvalue weighted by Gasteiger charge is -2.07. The van der Waals surface area contributed by atoms with Gasteiger partial charge in [-0.3, -0.25) is 4.79 Å². The van der Waals surface area contributed by atoms with Crippen molar-refractivity contribution < 1.29 is 13.7 Å². The molecule has 6 nitrogen and oxygen atoms in total. The molecule has 0 saturated heterocycles. The fraction of sp³-hybridized carbons (Fsp3) is 0.0500. The van der Waals surface area contributed by atoms with Crippen molar-refractivity contribution in [3.63, 3.8) is 0 Å². The molecule has 0 saturated carbocycles. The molecular weight excluding hydrogens is 362 g/mol. The first-order valence-corrected chi connectivity index (χ1v) is 9.13. The van der Waals surface area contributed by atoms with Crippen molar-refractivity contribution in [3.8, 4) is 10.7 Å². The van der Waals surface area contributed by atoms with Crippen LogP contribution in [0.1, 0.15) is 17.2 Å². The van der Waals surface area contributed by atoms with E-state index in [1.807, 2.05) is 41.8 Å². The van der Waals surface area contributed by atoms with E-state index in [-0.39, 0.29) is 5.91 Å². The molecule has 0 radical (unpaired) electrons. The van der Waals surface area contributed by atoms with Gasteiger partial charge in [-0.2, -0.15) is 4.98 Å². The number of benzene rings is 1. The Morgan fingerprint density at radius 3 is 2.89 bits per heavy atom. The van der Waals surface area contributed by atoms with Gasteiger partial charge in [0.25, 0.3) is 0 Å². The average Bonchev–Trinajstić information content (AvgIpc) is 3.44. The number of thiophene rings is 1. The molecule has 4 rings (SSSR count). The molecular formula is C20H15N3O3S. The number of nitrogens with one attached hydrogen (secondary N) is 1. The van der Waals surface area contributed by atoms with Crippen LogP contribution in [0.25, 0.3) is 16.8 Å².